The lowest BCUT2D eigenvalue weighted by Gasteiger charge is -2.21. The van der Waals surface area contributed by atoms with Gasteiger partial charge in [0.25, 0.3) is 0 Å². The van der Waals surface area contributed by atoms with Gasteiger partial charge in [0.15, 0.2) is 0 Å². The molecule has 1 unspecified atom stereocenters. The highest BCUT2D eigenvalue weighted by Crippen LogP contribution is 2.18. The molecular weight excluding hydrogens is 292 g/mol. The summed E-state index contributed by atoms with van der Waals surface area (Å²) >= 11 is 0. The van der Waals surface area contributed by atoms with Crippen LogP contribution in [0, 0.1) is 0 Å². The largest absolute Gasteiger partial charge is 0.465 e. The Kier molecular flexibility index (Phi) is 4.97. The summed E-state index contributed by atoms with van der Waals surface area (Å²) in [5, 5.41) is 3.27. The predicted octanol–water partition coefficient (Wildman–Crippen LogP) is 0.846. The first-order valence-corrected chi connectivity index (χ1v) is 8.27. The van der Waals surface area contributed by atoms with Crippen LogP contribution in [-0.2, 0) is 14.8 Å². The van der Waals surface area contributed by atoms with Crippen molar-refractivity contribution in [2.75, 3.05) is 27.2 Å². The van der Waals surface area contributed by atoms with Crippen molar-refractivity contribution in [3.8, 4) is 0 Å². The number of carbonyl (C=O) groups is 1. The molecule has 7 heteroatoms. The van der Waals surface area contributed by atoms with Crippen molar-refractivity contribution in [3.05, 3.63) is 29.8 Å². The summed E-state index contributed by atoms with van der Waals surface area (Å²) in [5.41, 5.74) is 0.228. The van der Waals surface area contributed by atoms with Crippen LogP contribution in [0.1, 0.15) is 23.2 Å². The lowest BCUT2D eigenvalue weighted by Crippen LogP contribution is -2.38. The third-order valence-electron chi connectivity index (χ3n) is 3.60. The van der Waals surface area contributed by atoms with Crippen molar-refractivity contribution in [1.29, 1.82) is 0 Å². The van der Waals surface area contributed by atoms with E-state index in [9.17, 15) is 13.2 Å². The van der Waals surface area contributed by atoms with Crippen LogP contribution in [0.2, 0.25) is 0 Å². The standard InChI is InChI=1S/C14H20N2O4S/c1-16(10-12-6-4-8-15-12)21(18,19)13-7-3-5-11(9-13)14(17)20-2/h3,5,7,9,12,15H,4,6,8,10H2,1-2H3. The van der Waals surface area contributed by atoms with E-state index in [0.29, 0.717) is 6.54 Å². The summed E-state index contributed by atoms with van der Waals surface area (Å²) in [6.07, 6.45) is 2.04. The second-order valence-electron chi connectivity index (χ2n) is 5.10. The molecule has 0 spiro atoms. The minimum atomic E-state index is -3.61. The van der Waals surface area contributed by atoms with Crippen LogP contribution in [0.25, 0.3) is 0 Å². The fourth-order valence-corrected chi connectivity index (χ4v) is 3.66. The van der Waals surface area contributed by atoms with Crippen molar-refractivity contribution in [2.24, 2.45) is 0 Å². The Labute approximate surface area is 125 Å². The van der Waals surface area contributed by atoms with E-state index in [2.05, 4.69) is 10.1 Å². The molecule has 1 aromatic rings. The number of methoxy groups -OCH3 is 1. The maximum absolute atomic E-state index is 12.5. The molecule has 1 aliphatic rings. The van der Waals surface area contributed by atoms with E-state index in [1.807, 2.05) is 0 Å². The molecule has 2 rings (SSSR count). The van der Waals surface area contributed by atoms with E-state index >= 15 is 0 Å². The first kappa shape index (κ1) is 15.9. The zero-order chi connectivity index (χ0) is 15.5. The summed E-state index contributed by atoms with van der Waals surface area (Å²) in [6, 6.07) is 6.10. The number of ether oxygens (including phenoxy) is 1. The van der Waals surface area contributed by atoms with Gasteiger partial charge in [-0.1, -0.05) is 6.07 Å². The summed E-state index contributed by atoms with van der Waals surface area (Å²) in [5.74, 6) is -0.549. The average molecular weight is 312 g/mol. The van der Waals surface area contributed by atoms with E-state index in [1.165, 1.54) is 29.6 Å². The Hall–Kier alpha value is -1.44. The number of nitrogens with zero attached hydrogens (tertiary/aromatic N) is 1. The highest BCUT2D eigenvalue weighted by atomic mass is 32.2. The van der Waals surface area contributed by atoms with Gasteiger partial charge < -0.3 is 10.1 Å². The van der Waals surface area contributed by atoms with Gasteiger partial charge in [-0.3, -0.25) is 0 Å². The number of likely N-dealkylation sites (N-methyl/N-ethyl adjacent to an activating group) is 1. The van der Waals surface area contributed by atoms with Crippen LogP contribution in [0.5, 0.6) is 0 Å². The minimum Gasteiger partial charge on any atom is -0.465 e. The van der Waals surface area contributed by atoms with Gasteiger partial charge in [0.05, 0.1) is 17.6 Å². The number of hydrogen-bond donors (Lipinski definition) is 1. The molecule has 0 saturated carbocycles. The van der Waals surface area contributed by atoms with E-state index < -0.39 is 16.0 Å². The van der Waals surface area contributed by atoms with Crippen LogP contribution in [0.15, 0.2) is 29.2 Å². The van der Waals surface area contributed by atoms with Gasteiger partial charge in [0.1, 0.15) is 0 Å². The molecule has 1 heterocycles. The van der Waals surface area contributed by atoms with Crippen LogP contribution >= 0.6 is 0 Å². The quantitative estimate of drug-likeness (QED) is 0.816. The molecule has 0 aromatic heterocycles. The highest BCUT2D eigenvalue weighted by molar-refractivity contribution is 7.89. The monoisotopic (exact) mass is 312 g/mol. The van der Waals surface area contributed by atoms with Crippen LogP contribution in [-0.4, -0.2) is 52.0 Å². The van der Waals surface area contributed by atoms with Crippen LogP contribution in [0.4, 0.5) is 0 Å². The second kappa shape index (κ2) is 6.55. The number of sulfonamides is 1. The van der Waals surface area contributed by atoms with Gasteiger partial charge in [-0.05, 0) is 37.6 Å². The Morgan fingerprint density at radius 2 is 2.24 bits per heavy atom. The highest BCUT2D eigenvalue weighted by Gasteiger charge is 2.25. The Morgan fingerprint density at radius 1 is 1.48 bits per heavy atom. The van der Waals surface area contributed by atoms with Gasteiger partial charge in [0.2, 0.25) is 10.0 Å². The van der Waals surface area contributed by atoms with Gasteiger partial charge >= 0.3 is 5.97 Å². The van der Waals surface area contributed by atoms with E-state index in [1.54, 1.807) is 13.1 Å². The average Bonchev–Trinajstić information content (AvgIpc) is 2.99. The third kappa shape index (κ3) is 3.61. The lowest BCUT2D eigenvalue weighted by atomic mass is 10.2. The lowest BCUT2D eigenvalue weighted by molar-refractivity contribution is 0.0600. The summed E-state index contributed by atoms with van der Waals surface area (Å²) in [4.78, 5) is 11.6. The SMILES string of the molecule is COC(=O)c1cccc(S(=O)(=O)N(C)CC2CCCN2)c1. The molecule has 0 radical (unpaired) electrons. The Morgan fingerprint density at radius 3 is 2.86 bits per heavy atom. The molecule has 1 saturated heterocycles. The van der Waals surface area contributed by atoms with Crippen LogP contribution in [0.3, 0.4) is 0 Å². The Bertz CT molecular complexity index is 609. The van der Waals surface area contributed by atoms with E-state index in [4.69, 9.17) is 0 Å². The van der Waals surface area contributed by atoms with E-state index in [-0.39, 0.29) is 16.5 Å². The number of benzene rings is 1. The summed E-state index contributed by atoms with van der Waals surface area (Å²) < 4.78 is 31.0. The van der Waals surface area contributed by atoms with Crippen molar-refractivity contribution in [1.82, 2.24) is 9.62 Å². The number of nitrogens with one attached hydrogen (secondary N) is 1. The summed E-state index contributed by atoms with van der Waals surface area (Å²) in [7, 11) is -0.784. The maximum atomic E-state index is 12.5. The number of carbonyl (C=O) groups excluding carboxylic acids is 1. The fourth-order valence-electron chi connectivity index (χ4n) is 2.40. The van der Waals surface area contributed by atoms with Gasteiger partial charge in [0, 0.05) is 19.6 Å². The zero-order valence-corrected chi connectivity index (χ0v) is 13.0. The van der Waals surface area contributed by atoms with Crippen molar-refractivity contribution >= 4 is 16.0 Å². The third-order valence-corrected chi connectivity index (χ3v) is 5.42. The summed E-state index contributed by atoms with van der Waals surface area (Å²) in [6.45, 7) is 1.35. The molecule has 1 aromatic carbocycles. The first-order valence-electron chi connectivity index (χ1n) is 6.83. The number of hydrogen-bond acceptors (Lipinski definition) is 5. The zero-order valence-electron chi connectivity index (χ0n) is 12.2. The van der Waals surface area contributed by atoms with Gasteiger partial charge in [-0.15, -0.1) is 0 Å². The van der Waals surface area contributed by atoms with Gasteiger partial charge in [-0.25, -0.2) is 13.2 Å². The maximum Gasteiger partial charge on any atom is 0.337 e. The van der Waals surface area contributed by atoms with Crippen LogP contribution < -0.4 is 5.32 Å². The molecule has 1 N–H and O–H groups in total. The molecule has 6 nitrogen and oxygen atoms in total. The fraction of sp³-hybridized carbons (Fsp3) is 0.500. The van der Waals surface area contributed by atoms with E-state index in [0.717, 1.165) is 19.4 Å². The van der Waals surface area contributed by atoms with Gasteiger partial charge in [-0.2, -0.15) is 4.31 Å². The second-order valence-corrected chi connectivity index (χ2v) is 7.14. The smallest absolute Gasteiger partial charge is 0.337 e. The van der Waals surface area contributed by atoms with Crippen molar-refractivity contribution in [2.45, 2.75) is 23.8 Å². The van der Waals surface area contributed by atoms with Crippen molar-refractivity contribution in [3.63, 3.8) is 0 Å². The number of esters is 1. The molecule has 116 valence electrons. The number of rotatable bonds is 5. The van der Waals surface area contributed by atoms with Crippen molar-refractivity contribution < 1.29 is 17.9 Å². The molecule has 0 bridgehead atoms. The molecule has 21 heavy (non-hydrogen) atoms. The minimum absolute atomic E-state index is 0.103. The molecule has 1 fully saturated rings. The first-order chi connectivity index (χ1) is 9.95. The molecular formula is C14H20N2O4S. The Balaban J connectivity index is 2.19. The molecule has 0 aliphatic carbocycles. The molecule has 0 amide bonds. The molecule has 1 atom stereocenters. The normalized spacial score (nSPS) is 18.9. The predicted molar refractivity (Wildman–Crippen MR) is 78.6 cm³/mol. The molecule has 1 aliphatic heterocycles. The topological polar surface area (TPSA) is 75.7 Å².